The molecule has 0 saturated heterocycles. The number of hydrogen-bond acceptors (Lipinski definition) is 2. The molecule has 78 valence electrons. The van der Waals surface area contributed by atoms with E-state index in [2.05, 4.69) is 52.8 Å². The second-order valence-corrected chi connectivity index (χ2v) is 4.67. The third-order valence-corrected chi connectivity index (χ3v) is 2.85. The molecule has 14 heavy (non-hydrogen) atoms. The van der Waals surface area contributed by atoms with Crippen molar-refractivity contribution < 1.29 is 0 Å². The molecule has 0 spiro atoms. The first-order valence-corrected chi connectivity index (χ1v) is 5.74. The maximum Gasteiger partial charge on any atom is 0.0561 e. The van der Waals surface area contributed by atoms with Crippen LogP contribution >= 0.6 is 15.9 Å². The van der Waals surface area contributed by atoms with Crippen LogP contribution in [0.4, 0.5) is 5.69 Å². The number of halogens is 1. The zero-order valence-corrected chi connectivity index (χ0v) is 10.6. The molecule has 1 rings (SSSR count). The van der Waals surface area contributed by atoms with Gasteiger partial charge in [-0.05, 0) is 27.9 Å². The van der Waals surface area contributed by atoms with Gasteiger partial charge >= 0.3 is 0 Å². The van der Waals surface area contributed by atoms with Gasteiger partial charge in [-0.25, -0.2) is 0 Å². The van der Waals surface area contributed by atoms with Gasteiger partial charge < -0.3 is 4.90 Å². The summed E-state index contributed by atoms with van der Waals surface area (Å²) < 4.78 is 1.03. The molecule has 0 amide bonds. The molecule has 1 heterocycles. The van der Waals surface area contributed by atoms with Gasteiger partial charge in [-0.15, -0.1) is 0 Å². The minimum atomic E-state index is 0.721. The van der Waals surface area contributed by atoms with Gasteiger partial charge in [0.15, 0.2) is 0 Å². The first-order chi connectivity index (χ1) is 6.63. The molecular formula is C11H17BrN2. The van der Waals surface area contributed by atoms with Crippen LogP contribution in [0.15, 0.2) is 22.9 Å². The molecule has 3 heteroatoms. The van der Waals surface area contributed by atoms with E-state index in [4.69, 9.17) is 0 Å². The molecule has 0 aliphatic rings. The first-order valence-electron chi connectivity index (χ1n) is 4.95. The van der Waals surface area contributed by atoms with E-state index in [1.165, 1.54) is 12.1 Å². The van der Waals surface area contributed by atoms with Gasteiger partial charge in [-0.2, -0.15) is 0 Å². The molecule has 0 radical (unpaired) electrons. The molecule has 1 aromatic rings. The summed E-state index contributed by atoms with van der Waals surface area (Å²) in [5.74, 6) is 0.721. The number of aromatic nitrogens is 1. The molecule has 0 saturated carbocycles. The number of anilines is 1. The van der Waals surface area contributed by atoms with Gasteiger partial charge in [0, 0.05) is 24.3 Å². The Hall–Kier alpha value is -0.570. The maximum atomic E-state index is 4.15. The maximum absolute atomic E-state index is 4.15. The highest BCUT2D eigenvalue weighted by Gasteiger charge is 2.05. The van der Waals surface area contributed by atoms with Crippen LogP contribution in [0.2, 0.25) is 0 Å². The molecule has 1 atom stereocenters. The monoisotopic (exact) mass is 256 g/mol. The van der Waals surface area contributed by atoms with Crippen LogP contribution < -0.4 is 4.90 Å². The second kappa shape index (κ2) is 5.35. The quantitative estimate of drug-likeness (QED) is 0.822. The summed E-state index contributed by atoms with van der Waals surface area (Å²) in [4.78, 5) is 6.39. The Balaban J connectivity index is 2.64. The van der Waals surface area contributed by atoms with Crippen LogP contribution in [-0.2, 0) is 0 Å². The van der Waals surface area contributed by atoms with Gasteiger partial charge in [-0.1, -0.05) is 20.3 Å². The van der Waals surface area contributed by atoms with Gasteiger partial charge in [0.05, 0.1) is 11.9 Å². The van der Waals surface area contributed by atoms with E-state index >= 15 is 0 Å². The lowest BCUT2D eigenvalue weighted by Crippen LogP contribution is -2.23. The van der Waals surface area contributed by atoms with Crippen LogP contribution in [0.3, 0.4) is 0 Å². The minimum Gasteiger partial charge on any atom is -0.373 e. The van der Waals surface area contributed by atoms with Crippen molar-refractivity contribution >= 4 is 21.6 Å². The van der Waals surface area contributed by atoms with E-state index in [0.717, 1.165) is 16.9 Å². The molecule has 0 fully saturated rings. The van der Waals surface area contributed by atoms with E-state index in [0.29, 0.717) is 0 Å². The van der Waals surface area contributed by atoms with E-state index < -0.39 is 0 Å². The average Bonchev–Trinajstić information content (AvgIpc) is 2.17. The standard InChI is InChI=1S/C11H17BrN2/c1-4-9(2)8-14(3)11-5-10(12)6-13-7-11/h5-7,9H,4,8H2,1-3H3. The normalized spacial score (nSPS) is 12.6. The summed E-state index contributed by atoms with van der Waals surface area (Å²) in [6, 6.07) is 2.09. The van der Waals surface area contributed by atoms with Gasteiger partial charge in [0.2, 0.25) is 0 Å². The van der Waals surface area contributed by atoms with Crippen molar-refractivity contribution in [2.45, 2.75) is 20.3 Å². The number of pyridine rings is 1. The number of rotatable bonds is 4. The third kappa shape index (κ3) is 3.29. The highest BCUT2D eigenvalue weighted by atomic mass is 79.9. The molecule has 1 unspecified atom stereocenters. The Morgan fingerprint density at radius 2 is 2.21 bits per heavy atom. The van der Waals surface area contributed by atoms with Crippen LogP contribution in [0, 0.1) is 5.92 Å². The molecular weight excluding hydrogens is 240 g/mol. The zero-order valence-electron chi connectivity index (χ0n) is 9.00. The van der Waals surface area contributed by atoms with Crippen molar-refractivity contribution in [2.24, 2.45) is 5.92 Å². The number of nitrogens with zero attached hydrogens (tertiary/aromatic N) is 2. The Morgan fingerprint density at radius 1 is 1.50 bits per heavy atom. The van der Waals surface area contributed by atoms with Crippen molar-refractivity contribution in [3.05, 3.63) is 22.9 Å². The minimum absolute atomic E-state index is 0.721. The highest BCUT2D eigenvalue weighted by molar-refractivity contribution is 9.10. The van der Waals surface area contributed by atoms with Crippen LogP contribution in [0.25, 0.3) is 0 Å². The SMILES string of the molecule is CCC(C)CN(C)c1cncc(Br)c1. The predicted molar refractivity (Wildman–Crippen MR) is 64.7 cm³/mol. The van der Waals surface area contributed by atoms with E-state index in [-0.39, 0.29) is 0 Å². The highest BCUT2D eigenvalue weighted by Crippen LogP contribution is 2.18. The lowest BCUT2D eigenvalue weighted by molar-refractivity contribution is 0.559. The lowest BCUT2D eigenvalue weighted by Gasteiger charge is -2.22. The van der Waals surface area contributed by atoms with Crippen molar-refractivity contribution in [2.75, 3.05) is 18.5 Å². The van der Waals surface area contributed by atoms with E-state index in [9.17, 15) is 0 Å². The van der Waals surface area contributed by atoms with Gasteiger partial charge in [0.25, 0.3) is 0 Å². The lowest BCUT2D eigenvalue weighted by atomic mass is 10.1. The van der Waals surface area contributed by atoms with Crippen LogP contribution in [0.5, 0.6) is 0 Å². The Labute approximate surface area is 94.5 Å². The van der Waals surface area contributed by atoms with Crippen molar-refractivity contribution in [1.82, 2.24) is 4.98 Å². The molecule has 0 aliphatic heterocycles. The van der Waals surface area contributed by atoms with Crippen LogP contribution in [0.1, 0.15) is 20.3 Å². The molecule has 0 N–H and O–H groups in total. The largest absolute Gasteiger partial charge is 0.373 e. The predicted octanol–water partition coefficient (Wildman–Crippen LogP) is 3.33. The first kappa shape index (κ1) is 11.5. The van der Waals surface area contributed by atoms with E-state index in [1.54, 1.807) is 6.20 Å². The molecule has 0 aliphatic carbocycles. The summed E-state index contributed by atoms with van der Waals surface area (Å²) in [5.41, 5.74) is 1.17. The Bertz CT molecular complexity index is 288. The van der Waals surface area contributed by atoms with Gasteiger partial charge in [0.1, 0.15) is 0 Å². The smallest absolute Gasteiger partial charge is 0.0561 e. The fraction of sp³-hybridized carbons (Fsp3) is 0.545. The summed E-state index contributed by atoms with van der Waals surface area (Å²) in [6.07, 6.45) is 4.92. The summed E-state index contributed by atoms with van der Waals surface area (Å²) >= 11 is 3.42. The van der Waals surface area contributed by atoms with E-state index in [1.807, 2.05) is 6.20 Å². The number of hydrogen-bond donors (Lipinski definition) is 0. The fourth-order valence-corrected chi connectivity index (χ4v) is 1.66. The second-order valence-electron chi connectivity index (χ2n) is 3.76. The van der Waals surface area contributed by atoms with Crippen molar-refractivity contribution in [1.29, 1.82) is 0 Å². The van der Waals surface area contributed by atoms with Crippen LogP contribution in [-0.4, -0.2) is 18.6 Å². The Kier molecular flexibility index (Phi) is 4.39. The Morgan fingerprint density at radius 3 is 2.79 bits per heavy atom. The van der Waals surface area contributed by atoms with Crippen molar-refractivity contribution in [3.8, 4) is 0 Å². The third-order valence-electron chi connectivity index (χ3n) is 2.41. The van der Waals surface area contributed by atoms with Gasteiger partial charge in [-0.3, -0.25) is 4.98 Å². The summed E-state index contributed by atoms with van der Waals surface area (Å²) in [5, 5.41) is 0. The topological polar surface area (TPSA) is 16.1 Å². The summed E-state index contributed by atoms with van der Waals surface area (Å²) in [6.45, 7) is 5.56. The molecule has 0 bridgehead atoms. The molecule has 1 aromatic heterocycles. The fourth-order valence-electron chi connectivity index (χ4n) is 1.31. The van der Waals surface area contributed by atoms with Crippen molar-refractivity contribution in [3.63, 3.8) is 0 Å². The molecule has 2 nitrogen and oxygen atoms in total. The molecule has 0 aromatic carbocycles. The average molecular weight is 257 g/mol. The summed E-state index contributed by atoms with van der Waals surface area (Å²) in [7, 11) is 2.11. The zero-order chi connectivity index (χ0) is 10.6.